The highest BCUT2D eigenvalue weighted by Gasteiger charge is 2.45. The van der Waals surface area contributed by atoms with Crippen molar-refractivity contribution >= 4 is 47.9 Å². The molecule has 1 fully saturated rings. The minimum Gasteiger partial charge on any atom is -0.461 e. The third kappa shape index (κ3) is 2.79. The molecule has 3 unspecified atom stereocenters. The van der Waals surface area contributed by atoms with E-state index in [1.54, 1.807) is 42.1 Å². The highest BCUT2D eigenvalue weighted by molar-refractivity contribution is 8.26. The van der Waals surface area contributed by atoms with Crippen LogP contribution >= 0.6 is 36.2 Å². The summed E-state index contributed by atoms with van der Waals surface area (Å²) in [6.07, 6.45) is 9.28. The number of thiol groups is 1. The van der Waals surface area contributed by atoms with E-state index in [0.29, 0.717) is 11.5 Å². The SMILES string of the molecule is CC1(S)C=CC2=C(N=C1)OC1S/C(=C(/C#N)c3cccnc3)SC21. The molecule has 0 saturated carbocycles. The van der Waals surface area contributed by atoms with Crippen LogP contribution < -0.4 is 0 Å². The van der Waals surface area contributed by atoms with Crippen molar-refractivity contribution in [2.24, 2.45) is 4.99 Å². The van der Waals surface area contributed by atoms with Crippen LogP contribution in [0.4, 0.5) is 0 Å². The summed E-state index contributed by atoms with van der Waals surface area (Å²) in [7, 11) is 0. The zero-order chi connectivity index (χ0) is 16.7. The molecule has 4 rings (SSSR count). The minimum atomic E-state index is -0.383. The van der Waals surface area contributed by atoms with Gasteiger partial charge in [0.15, 0.2) is 5.44 Å². The lowest BCUT2D eigenvalue weighted by molar-refractivity contribution is 0.219. The lowest BCUT2D eigenvalue weighted by Gasteiger charge is -2.12. The molecule has 4 nitrogen and oxygen atoms in total. The number of aliphatic imine (C=N–C) groups is 1. The number of fused-ring (bicyclic) bond motifs is 2. The van der Waals surface area contributed by atoms with E-state index in [-0.39, 0.29) is 15.4 Å². The largest absolute Gasteiger partial charge is 0.461 e. The van der Waals surface area contributed by atoms with Crippen LogP contribution in [0.1, 0.15) is 12.5 Å². The topological polar surface area (TPSA) is 58.3 Å². The summed E-state index contributed by atoms with van der Waals surface area (Å²) in [5, 5.41) is 9.72. The summed E-state index contributed by atoms with van der Waals surface area (Å²) in [5.74, 6) is 0.665. The fourth-order valence-corrected chi connectivity index (χ4v) is 5.75. The maximum atomic E-state index is 9.59. The van der Waals surface area contributed by atoms with E-state index in [4.69, 9.17) is 4.74 Å². The van der Waals surface area contributed by atoms with Crippen molar-refractivity contribution in [2.75, 3.05) is 0 Å². The normalized spacial score (nSPS) is 32.7. The van der Waals surface area contributed by atoms with Crippen LogP contribution in [0.25, 0.3) is 5.57 Å². The van der Waals surface area contributed by atoms with Gasteiger partial charge in [-0.1, -0.05) is 30.0 Å². The van der Waals surface area contributed by atoms with Gasteiger partial charge in [0.1, 0.15) is 6.07 Å². The van der Waals surface area contributed by atoms with Crippen molar-refractivity contribution in [3.8, 4) is 6.07 Å². The summed E-state index contributed by atoms with van der Waals surface area (Å²) in [4.78, 5) is 8.55. The molecule has 3 aliphatic heterocycles. The number of rotatable bonds is 1. The van der Waals surface area contributed by atoms with Gasteiger partial charge in [-0.2, -0.15) is 17.9 Å². The average Bonchev–Trinajstić information content (AvgIpc) is 3.06. The van der Waals surface area contributed by atoms with E-state index in [2.05, 4.69) is 28.7 Å². The van der Waals surface area contributed by atoms with Gasteiger partial charge in [0, 0.05) is 29.7 Å². The summed E-state index contributed by atoms with van der Waals surface area (Å²) in [6, 6.07) is 6.06. The number of ether oxygens (including phenoxy) is 1. The average molecular weight is 372 g/mol. The van der Waals surface area contributed by atoms with Gasteiger partial charge in [-0.15, -0.1) is 11.8 Å². The molecule has 1 aromatic heterocycles. The second kappa shape index (κ2) is 6.03. The molecule has 0 aromatic carbocycles. The molecule has 0 radical (unpaired) electrons. The molecule has 0 N–H and O–H groups in total. The number of pyridine rings is 1. The summed E-state index contributed by atoms with van der Waals surface area (Å²) >= 11 is 7.80. The van der Waals surface area contributed by atoms with Crippen LogP contribution in [-0.4, -0.2) is 26.6 Å². The van der Waals surface area contributed by atoms with E-state index >= 15 is 0 Å². The number of nitrogens with zero attached hydrogens (tertiary/aromatic N) is 3. The lowest BCUT2D eigenvalue weighted by atomic mass is 10.1. The molecule has 3 atom stereocenters. The van der Waals surface area contributed by atoms with Crippen molar-refractivity contribution in [3.05, 3.63) is 57.9 Å². The Morgan fingerprint density at radius 3 is 3.08 bits per heavy atom. The third-order valence-electron chi connectivity index (χ3n) is 3.80. The van der Waals surface area contributed by atoms with Crippen LogP contribution in [0.2, 0.25) is 0 Å². The smallest absolute Gasteiger partial charge is 0.218 e. The first kappa shape index (κ1) is 15.9. The van der Waals surface area contributed by atoms with E-state index in [9.17, 15) is 5.26 Å². The number of aromatic nitrogens is 1. The predicted molar refractivity (Wildman–Crippen MR) is 103 cm³/mol. The summed E-state index contributed by atoms with van der Waals surface area (Å²) in [5.41, 5.74) is 2.49. The fourth-order valence-electron chi connectivity index (χ4n) is 2.58. The zero-order valence-corrected chi connectivity index (χ0v) is 15.2. The molecule has 0 aliphatic carbocycles. The first-order valence-electron chi connectivity index (χ1n) is 7.33. The first-order valence-corrected chi connectivity index (χ1v) is 9.54. The zero-order valence-electron chi connectivity index (χ0n) is 12.7. The summed E-state index contributed by atoms with van der Waals surface area (Å²) < 4.78 is 6.59. The number of hydrogen-bond acceptors (Lipinski definition) is 7. The fraction of sp³-hybridized carbons (Fsp3) is 0.235. The van der Waals surface area contributed by atoms with Crippen LogP contribution in [0, 0.1) is 11.3 Å². The van der Waals surface area contributed by atoms with E-state index in [1.807, 2.05) is 31.2 Å². The molecule has 0 bridgehead atoms. The van der Waals surface area contributed by atoms with Gasteiger partial charge in [0.05, 0.1) is 19.8 Å². The highest BCUT2D eigenvalue weighted by atomic mass is 32.2. The van der Waals surface area contributed by atoms with Crippen molar-refractivity contribution < 1.29 is 4.74 Å². The maximum absolute atomic E-state index is 9.59. The standard InChI is InChI=1S/C17H13N3OS3/c1-17(22)5-4-11-13-15(21-14(11)20-9-17)24-16(23-13)12(7-18)10-3-2-6-19-8-10/h2-6,8-9,13,15,22H,1H3/b16-12-. The van der Waals surface area contributed by atoms with Crippen LogP contribution in [0.5, 0.6) is 0 Å². The number of thioether (sulfide) groups is 2. The van der Waals surface area contributed by atoms with E-state index in [0.717, 1.165) is 15.4 Å². The molecule has 1 saturated heterocycles. The number of hydrogen-bond donors (Lipinski definition) is 1. The number of nitriles is 1. The molecule has 0 spiro atoms. The molecule has 120 valence electrons. The van der Waals surface area contributed by atoms with E-state index in [1.165, 1.54) is 0 Å². The second-order valence-corrected chi connectivity index (χ2v) is 9.22. The molecule has 1 aromatic rings. The van der Waals surface area contributed by atoms with Crippen LogP contribution in [0.15, 0.2) is 57.4 Å². The Morgan fingerprint density at radius 1 is 1.46 bits per heavy atom. The van der Waals surface area contributed by atoms with Crippen LogP contribution in [0.3, 0.4) is 0 Å². The third-order valence-corrected chi connectivity index (χ3v) is 7.00. The molecular formula is C17H13N3OS3. The van der Waals surface area contributed by atoms with Gasteiger partial charge in [0.25, 0.3) is 0 Å². The van der Waals surface area contributed by atoms with Crippen molar-refractivity contribution in [1.29, 1.82) is 5.26 Å². The van der Waals surface area contributed by atoms with Crippen molar-refractivity contribution in [1.82, 2.24) is 4.98 Å². The van der Waals surface area contributed by atoms with Gasteiger partial charge >= 0.3 is 0 Å². The Morgan fingerprint density at radius 2 is 2.33 bits per heavy atom. The van der Waals surface area contributed by atoms with Crippen molar-refractivity contribution in [3.63, 3.8) is 0 Å². The van der Waals surface area contributed by atoms with Gasteiger partial charge in [-0.25, -0.2) is 4.99 Å². The van der Waals surface area contributed by atoms with Gasteiger partial charge < -0.3 is 4.74 Å². The second-order valence-electron chi connectivity index (χ2n) is 5.74. The Balaban J connectivity index is 1.67. The molecular weight excluding hydrogens is 358 g/mol. The van der Waals surface area contributed by atoms with Gasteiger partial charge in [-0.3, -0.25) is 4.98 Å². The van der Waals surface area contributed by atoms with Crippen LogP contribution in [-0.2, 0) is 4.74 Å². The minimum absolute atomic E-state index is 0.0545. The maximum Gasteiger partial charge on any atom is 0.218 e. The van der Waals surface area contributed by atoms with Crippen molar-refractivity contribution in [2.45, 2.75) is 22.4 Å². The molecule has 7 heteroatoms. The van der Waals surface area contributed by atoms with Gasteiger partial charge in [0.2, 0.25) is 5.88 Å². The monoisotopic (exact) mass is 371 g/mol. The summed E-state index contributed by atoms with van der Waals surface area (Å²) in [6.45, 7) is 1.98. The predicted octanol–water partition coefficient (Wildman–Crippen LogP) is 4.02. The Kier molecular flexibility index (Phi) is 3.99. The Bertz CT molecular complexity index is 850. The molecule has 24 heavy (non-hydrogen) atoms. The van der Waals surface area contributed by atoms with Gasteiger partial charge in [-0.05, 0) is 13.0 Å². The quantitative estimate of drug-likeness (QED) is 0.597. The highest BCUT2D eigenvalue weighted by Crippen LogP contribution is 2.57. The molecule has 0 amide bonds. The Labute approximate surface area is 154 Å². The first-order chi connectivity index (χ1) is 11.6. The lowest BCUT2D eigenvalue weighted by Crippen LogP contribution is -2.15. The van der Waals surface area contributed by atoms with E-state index < -0.39 is 0 Å². The molecule has 3 aliphatic rings. The number of allylic oxidation sites excluding steroid dienone is 2. The molecule has 4 heterocycles. The Hall–Kier alpha value is -1.62.